The monoisotopic (exact) mass is 217 g/mol. The third-order valence-corrected chi connectivity index (χ3v) is 2.31. The van der Waals surface area contributed by atoms with E-state index in [4.69, 9.17) is 5.73 Å². The predicted molar refractivity (Wildman–Crippen MR) is 60.2 cm³/mol. The number of benzene rings is 1. The maximum absolute atomic E-state index is 11.5. The van der Waals surface area contributed by atoms with E-state index in [2.05, 4.69) is 5.10 Å². The Morgan fingerprint density at radius 2 is 2.00 bits per heavy atom. The second kappa shape index (κ2) is 3.77. The van der Waals surface area contributed by atoms with E-state index < -0.39 is 5.91 Å². The molecule has 0 spiro atoms. The Bertz CT molecular complexity index is 477. The number of carbonyl (C=O) groups is 2. The Hall–Kier alpha value is -2.17. The van der Waals surface area contributed by atoms with E-state index in [9.17, 15) is 9.59 Å². The van der Waals surface area contributed by atoms with E-state index in [1.165, 1.54) is 5.01 Å². The lowest BCUT2D eigenvalue weighted by Crippen LogP contribution is -2.19. The van der Waals surface area contributed by atoms with Crippen LogP contribution in [0.25, 0.3) is 0 Å². The van der Waals surface area contributed by atoms with Gasteiger partial charge in [0.2, 0.25) is 5.91 Å². The van der Waals surface area contributed by atoms with E-state index >= 15 is 0 Å². The Kier molecular flexibility index (Phi) is 2.44. The predicted octanol–water partition coefficient (Wildman–Crippen LogP) is 0.898. The fraction of sp³-hybridized carbons (Fsp3) is 0.182. The number of hydrogen-bond donors (Lipinski definition) is 1. The minimum atomic E-state index is -0.487. The van der Waals surface area contributed by atoms with Gasteiger partial charge in [-0.15, -0.1) is 0 Å². The molecule has 0 aromatic heterocycles. The smallest absolute Gasteiger partial charge is 0.253 e. The second-order valence-electron chi connectivity index (χ2n) is 3.63. The summed E-state index contributed by atoms with van der Waals surface area (Å²) in [5.41, 5.74) is 6.96. The molecule has 2 amide bonds. The second-order valence-corrected chi connectivity index (χ2v) is 3.63. The van der Waals surface area contributed by atoms with Crippen LogP contribution in [0.15, 0.2) is 29.4 Å². The highest BCUT2D eigenvalue weighted by Gasteiger charge is 2.22. The van der Waals surface area contributed by atoms with E-state index in [0.717, 1.165) is 5.71 Å². The first-order valence-electron chi connectivity index (χ1n) is 4.85. The number of hydrogen-bond acceptors (Lipinski definition) is 3. The lowest BCUT2D eigenvalue weighted by Gasteiger charge is -2.11. The summed E-state index contributed by atoms with van der Waals surface area (Å²) in [5, 5.41) is 5.43. The zero-order chi connectivity index (χ0) is 11.7. The molecule has 0 aliphatic carbocycles. The molecule has 0 saturated carbocycles. The van der Waals surface area contributed by atoms with Crippen LogP contribution >= 0.6 is 0 Å². The molecule has 1 aromatic rings. The van der Waals surface area contributed by atoms with Gasteiger partial charge in [-0.3, -0.25) is 9.59 Å². The van der Waals surface area contributed by atoms with Crippen molar-refractivity contribution >= 4 is 23.2 Å². The van der Waals surface area contributed by atoms with Gasteiger partial charge in [0.05, 0.1) is 12.1 Å². The molecule has 0 radical (unpaired) electrons. The summed E-state index contributed by atoms with van der Waals surface area (Å²) in [5.74, 6) is -0.552. The van der Waals surface area contributed by atoms with Crippen LogP contribution in [-0.2, 0) is 4.79 Å². The van der Waals surface area contributed by atoms with Crippen molar-refractivity contribution in [2.45, 2.75) is 13.3 Å². The molecule has 1 aliphatic rings. The number of amides is 2. The first kappa shape index (κ1) is 10.4. The highest BCUT2D eigenvalue weighted by molar-refractivity contribution is 6.12. The Morgan fingerprint density at radius 1 is 1.38 bits per heavy atom. The summed E-state index contributed by atoms with van der Waals surface area (Å²) in [6, 6.07) is 6.46. The summed E-state index contributed by atoms with van der Waals surface area (Å²) in [4.78, 5) is 22.4. The zero-order valence-electron chi connectivity index (χ0n) is 8.80. The number of nitrogens with zero attached hydrogens (tertiary/aromatic N) is 2. The molecular formula is C11H11N3O2. The lowest BCUT2D eigenvalue weighted by molar-refractivity contribution is -0.116. The quantitative estimate of drug-likeness (QED) is 0.798. The third kappa shape index (κ3) is 1.79. The van der Waals surface area contributed by atoms with E-state index in [1.807, 2.05) is 0 Å². The third-order valence-electron chi connectivity index (χ3n) is 2.31. The van der Waals surface area contributed by atoms with Crippen molar-refractivity contribution < 1.29 is 9.59 Å². The summed E-state index contributed by atoms with van der Waals surface area (Å²) in [6.07, 6.45) is 0.345. The van der Waals surface area contributed by atoms with Gasteiger partial charge >= 0.3 is 0 Å². The van der Waals surface area contributed by atoms with Gasteiger partial charge in [-0.1, -0.05) is 0 Å². The van der Waals surface area contributed by atoms with Crippen LogP contribution in [0.5, 0.6) is 0 Å². The van der Waals surface area contributed by atoms with Gasteiger partial charge in [0, 0.05) is 11.3 Å². The summed E-state index contributed by atoms with van der Waals surface area (Å²) >= 11 is 0. The first-order chi connectivity index (χ1) is 7.58. The van der Waals surface area contributed by atoms with Crippen LogP contribution in [0.4, 0.5) is 5.69 Å². The van der Waals surface area contributed by atoms with Gasteiger partial charge in [-0.25, -0.2) is 5.01 Å². The standard InChI is InChI=1S/C11H11N3O2/c1-7-6-10(15)14(13-7)9-4-2-8(3-5-9)11(12)16/h2-5H,6H2,1H3,(H2,12,16). The van der Waals surface area contributed by atoms with Crippen molar-refractivity contribution in [3.63, 3.8) is 0 Å². The minimum absolute atomic E-state index is 0.0654. The van der Waals surface area contributed by atoms with Gasteiger partial charge in [0.1, 0.15) is 0 Å². The number of nitrogens with two attached hydrogens (primary N) is 1. The average Bonchev–Trinajstić information content (AvgIpc) is 2.58. The molecule has 5 heteroatoms. The van der Waals surface area contributed by atoms with Gasteiger partial charge in [-0.05, 0) is 31.2 Å². The van der Waals surface area contributed by atoms with Crippen LogP contribution in [0, 0.1) is 0 Å². The summed E-state index contributed by atoms with van der Waals surface area (Å²) in [7, 11) is 0. The number of hydrazone groups is 1. The summed E-state index contributed by atoms with van der Waals surface area (Å²) < 4.78 is 0. The first-order valence-corrected chi connectivity index (χ1v) is 4.85. The summed E-state index contributed by atoms with van der Waals surface area (Å²) in [6.45, 7) is 1.80. The molecule has 1 heterocycles. The van der Waals surface area contributed by atoms with Crippen LogP contribution in [0.3, 0.4) is 0 Å². The van der Waals surface area contributed by atoms with Crippen molar-refractivity contribution in [1.82, 2.24) is 0 Å². The fourth-order valence-corrected chi connectivity index (χ4v) is 1.52. The number of rotatable bonds is 2. The van der Waals surface area contributed by atoms with Crippen LogP contribution in [0.2, 0.25) is 0 Å². The van der Waals surface area contributed by atoms with Gasteiger partial charge in [-0.2, -0.15) is 5.10 Å². The maximum Gasteiger partial charge on any atom is 0.253 e. The van der Waals surface area contributed by atoms with Crippen molar-refractivity contribution in [3.8, 4) is 0 Å². The van der Waals surface area contributed by atoms with Gasteiger partial charge < -0.3 is 5.73 Å². The van der Waals surface area contributed by atoms with Crippen molar-refractivity contribution in [2.75, 3.05) is 5.01 Å². The molecule has 0 atom stereocenters. The number of carbonyl (C=O) groups excluding carboxylic acids is 2. The average molecular weight is 217 g/mol. The zero-order valence-corrected chi connectivity index (χ0v) is 8.80. The number of primary amides is 1. The SMILES string of the molecule is CC1=NN(c2ccc(C(N)=O)cc2)C(=O)C1. The molecule has 2 N–H and O–H groups in total. The van der Waals surface area contributed by atoms with Crippen molar-refractivity contribution in [2.24, 2.45) is 10.8 Å². The van der Waals surface area contributed by atoms with E-state index in [-0.39, 0.29) is 5.91 Å². The minimum Gasteiger partial charge on any atom is -0.366 e. The molecule has 1 aromatic carbocycles. The topological polar surface area (TPSA) is 75.8 Å². The molecule has 0 unspecified atom stereocenters. The molecule has 5 nitrogen and oxygen atoms in total. The molecule has 1 aliphatic heterocycles. The van der Waals surface area contributed by atoms with Crippen LogP contribution in [-0.4, -0.2) is 17.5 Å². The Balaban J connectivity index is 2.29. The molecule has 16 heavy (non-hydrogen) atoms. The maximum atomic E-state index is 11.5. The highest BCUT2D eigenvalue weighted by Crippen LogP contribution is 2.20. The van der Waals surface area contributed by atoms with Crippen molar-refractivity contribution in [1.29, 1.82) is 0 Å². The van der Waals surface area contributed by atoms with E-state index in [1.54, 1.807) is 31.2 Å². The van der Waals surface area contributed by atoms with Gasteiger partial charge in [0.25, 0.3) is 5.91 Å². The molecule has 2 rings (SSSR count). The van der Waals surface area contributed by atoms with E-state index in [0.29, 0.717) is 17.7 Å². The van der Waals surface area contributed by atoms with Gasteiger partial charge in [0.15, 0.2) is 0 Å². The highest BCUT2D eigenvalue weighted by atomic mass is 16.2. The van der Waals surface area contributed by atoms with Crippen LogP contribution in [0.1, 0.15) is 23.7 Å². The Labute approximate surface area is 92.5 Å². The molecule has 0 fully saturated rings. The largest absolute Gasteiger partial charge is 0.366 e. The van der Waals surface area contributed by atoms with Crippen molar-refractivity contribution in [3.05, 3.63) is 29.8 Å². The fourth-order valence-electron chi connectivity index (χ4n) is 1.52. The lowest BCUT2D eigenvalue weighted by atomic mass is 10.2. The van der Waals surface area contributed by atoms with Crippen LogP contribution < -0.4 is 10.7 Å². The molecule has 0 saturated heterocycles. The molecular weight excluding hydrogens is 206 g/mol. The normalized spacial score (nSPS) is 15.2. The molecule has 82 valence electrons. The Morgan fingerprint density at radius 3 is 2.44 bits per heavy atom. The molecule has 0 bridgehead atoms. The number of anilines is 1.